The monoisotopic (exact) mass is 562 g/mol. The summed E-state index contributed by atoms with van der Waals surface area (Å²) in [4.78, 5) is 17.9. The largest absolute Gasteiger partial charge is 0.489 e. The zero-order chi connectivity index (χ0) is 29.9. The number of nitriles is 1. The molecule has 1 aliphatic carbocycles. The van der Waals surface area contributed by atoms with Crippen molar-refractivity contribution in [1.29, 1.82) is 5.26 Å². The molecule has 1 amide bonds. The molecule has 1 heterocycles. The molecule has 41 heavy (non-hydrogen) atoms. The maximum absolute atomic E-state index is 13.4. The van der Waals surface area contributed by atoms with Gasteiger partial charge >= 0.3 is 0 Å². The predicted octanol–water partition coefficient (Wildman–Crippen LogP) is 4.57. The van der Waals surface area contributed by atoms with Crippen LogP contribution in [-0.4, -0.2) is 82.6 Å². The first-order valence-corrected chi connectivity index (χ1v) is 14.5. The summed E-state index contributed by atoms with van der Waals surface area (Å²) in [6, 6.07) is 14.0. The van der Waals surface area contributed by atoms with E-state index in [1.807, 2.05) is 50.2 Å². The summed E-state index contributed by atoms with van der Waals surface area (Å²) in [5.41, 5.74) is 3.69. The lowest BCUT2D eigenvalue weighted by Gasteiger charge is -2.63. The van der Waals surface area contributed by atoms with Gasteiger partial charge in [0.05, 0.1) is 31.0 Å². The molecule has 1 aliphatic heterocycles. The summed E-state index contributed by atoms with van der Waals surface area (Å²) in [7, 11) is 3.80. The van der Waals surface area contributed by atoms with Crippen LogP contribution < -0.4 is 15.0 Å². The van der Waals surface area contributed by atoms with Gasteiger partial charge in [0.15, 0.2) is 0 Å². The number of hydrogen-bond donors (Lipinski definition) is 1. The smallest absolute Gasteiger partial charge is 0.251 e. The van der Waals surface area contributed by atoms with Gasteiger partial charge in [-0.1, -0.05) is 27.7 Å². The van der Waals surface area contributed by atoms with Crippen LogP contribution >= 0.6 is 0 Å². The van der Waals surface area contributed by atoms with E-state index in [2.05, 4.69) is 55.9 Å². The van der Waals surface area contributed by atoms with Crippen LogP contribution in [0.2, 0.25) is 0 Å². The number of carbonyl (C=O) groups excluding carboxylic acids is 1. The number of likely N-dealkylation sites (N-methyl/N-ethyl adjacent to an activating group) is 1. The van der Waals surface area contributed by atoms with Crippen LogP contribution in [0.4, 0.5) is 5.69 Å². The highest BCUT2D eigenvalue weighted by molar-refractivity contribution is 5.95. The van der Waals surface area contributed by atoms with Gasteiger partial charge in [-0.2, -0.15) is 5.26 Å². The number of nitrogens with one attached hydrogen (secondary N) is 1. The molecular formula is C33H46N4O4. The lowest BCUT2D eigenvalue weighted by atomic mass is 9.49. The summed E-state index contributed by atoms with van der Waals surface area (Å²) in [5, 5.41) is 12.7. The van der Waals surface area contributed by atoms with Crippen molar-refractivity contribution in [3.05, 3.63) is 58.7 Å². The minimum Gasteiger partial charge on any atom is -0.489 e. The Balaban J connectivity index is 1.37. The standard InChI is InChI=1S/C33H46N4O4/c1-22-17-26(18-23(2)28(22)19-34)41-31-32(3,4)30(33(31,5)6)35-29(38)24-9-11-25(12-10-24)37-14-16-40-27(21-37)20-36(7)13-15-39-8/h9-12,17-18,27,30-31H,13-16,20-21H2,1-8H3,(H,35,38)/t27-,30?,31?/m1/s1. The number of ether oxygens (including phenoxy) is 3. The SMILES string of the molecule is COCCN(C)C[C@@H]1CN(c2ccc(C(=O)NC3C(C)(C)C(Oc4cc(C)c(C#N)c(C)c4)C3(C)C)cc2)CCO1. The van der Waals surface area contributed by atoms with Crippen molar-refractivity contribution < 1.29 is 19.0 Å². The van der Waals surface area contributed by atoms with Crippen molar-refractivity contribution in [2.45, 2.75) is 59.8 Å². The Morgan fingerprint density at radius 2 is 1.78 bits per heavy atom. The van der Waals surface area contributed by atoms with Crippen molar-refractivity contribution in [1.82, 2.24) is 10.2 Å². The molecule has 8 heteroatoms. The third-order valence-corrected chi connectivity index (χ3v) is 8.81. The molecule has 2 fully saturated rings. The van der Waals surface area contributed by atoms with E-state index in [4.69, 9.17) is 14.2 Å². The Morgan fingerprint density at radius 3 is 2.37 bits per heavy atom. The fourth-order valence-electron chi connectivity index (χ4n) is 6.89. The third kappa shape index (κ3) is 6.53. The van der Waals surface area contributed by atoms with Crippen LogP contribution in [0.3, 0.4) is 0 Å². The summed E-state index contributed by atoms with van der Waals surface area (Å²) < 4.78 is 17.7. The molecule has 4 rings (SSSR count). The fraction of sp³-hybridized carbons (Fsp3) is 0.576. The number of hydrogen-bond acceptors (Lipinski definition) is 7. The van der Waals surface area contributed by atoms with Gasteiger partial charge in [0.1, 0.15) is 11.9 Å². The van der Waals surface area contributed by atoms with Crippen molar-refractivity contribution in [2.75, 3.05) is 58.5 Å². The zero-order valence-electron chi connectivity index (χ0n) is 25.9. The van der Waals surface area contributed by atoms with Gasteiger partial charge in [0, 0.05) is 61.4 Å². The molecule has 0 bridgehead atoms. The number of amides is 1. The highest BCUT2D eigenvalue weighted by Gasteiger charge is 2.64. The van der Waals surface area contributed by atoms with E-state index >= 15 is 0 Å². The van der Waals surface area contributed by atoms with Gasteiger partial charge in [0.25, 0.3) is 5.91 Å². The number of methoxy groups -OCH3 is 1. The van der Waals surface area contributed by atoms with Crippen LogP contribution in [0, 0.1) is 36.0 Å². The van der Waals surface area contributed by atoms with Gasteiger partial charge in [-0.05, 0) is 68.4 Å². The molecule has 2 aromatic rings. The maximum Gasteiger partial charge on any atom is 0.251 e. The van der Waals surface area contributed by atoms with Crippen LogP contribution in [0.15, 0.2) is 36.4 Å². The lowest BCUT2D eigenvalue weighted by molar-refractivity contribution is -0.164. The van der Waals surface area contributed by atoms with Gasteiger partial charge < -0.3 is 29.3 Å². The molecule has 0 spiro atoms. The second kappa shape index (κ2) is 12.4. The number of nitrogens with zero attached hydrogens (tertiary/aromatic N) is 3. The number of morpholine rings is 1. The molecule has 0 unspecified atom stereocenters. The molecule has 8 nitrogen and oxygen atoms in total. The van der Waals surface area contributed by atoms with Crippen LogP contribution in [-0.2, 0) is 9.47 Å². The molecule has 0 aromatic heterocycles. The summed E-state index contributed by atoms with van der Waals surface area (Å²) >= 11 is 0. The molecule has 2 aliphatic rings. The van der Waals surface area contributed by atoms with Gasteiger partial charge in [-0.3, -0.25) is 4.79 Å². The first-order chi connectivity index (χ1) is 19.4. The Morgan fingerprint density at radius 1 is 1.15 bits per heavy atom. The molecule has 1 saturated carbocycles. The quantitative estimate of drug-likeness (QED) is 0.454. The molecule has 1 atom stereocenters. The van der Waals surface area contributed by atoms with E-state index in [9.17, 15) is 10.1 Å². The van der Waals surface area contributed by atoms with E-state index in [0.29, 0.717) is 24.3 Å². The minimum atomic E-state index is -0.284. The van der Waals surface area contributed by atoms with Crippen LogP contribution in [0.1, 0.15) is 54.7 Å². The summed E-state index contributed by atoms with van der Waals surface area (Å²) in [5.74, 6) is 0.684. The molecule has 1 saturated heterocycles. The van der Waals surface area contributed by atoms with Gasteiger partial charge in [-0.15, -0.1) is 0 Å². The van der Waals surface area contributed by atoms with Crippen molar-refractivity contribution >= 4 is 11.6 Å². The number of anilines is 1. The van der Waals surface area contributed by atoms with Crippen molar-refractivity contribution in [3.63, 3.8) is 0 Å². The summed E-state index contributed by atoms with van der Waals surface area (Å²) in [6.45, 7) is 17.2. The van der Waals surface area contributed by atoms with E-state index in [-0.39, 0.29) is 35.0 Å². The molecule has 222 valence electrons. The first-order valence-electron chi connectivity index (χ1n) is 14.5. The molecule has 1 N–H and O–H groups in total. The highest BCUT2D eigenvalue weighted by atomic mass is 16.5. The fourth-order valence-corrected chi connectivity index (χ4v) is 6.89. The van der Waals surface area contributed by atoms with Crippen LogP contribution in [0.25, 0.3) is 0 Å². The average molecular weight is 563 g/mol. The number of carbonyl (C=O) groups is 1. The second-order valence-corrected chi connectivity index (χ2v) is 12.8. The maximum atomic E-state index is 13.4. The number of aryl methyl sites for hydroxylation is 2. The second-order valence-electron chi connectivity index (χ2n) is 12.8. The molecule has 2 aromatic carbocycles. The summed E-state index contributed by atoms with van der Waals surface area (Å²) in [6.07, 6.45) is 0.0289. The number of benzene rings is 2. The normalized spacial score (nSPS) is 23.0. The molecule has 0 radical (unpaired) electrons. The Bertz CT molecular complexity index is 1230. The van der Waals surface area contributed by atoms with E-state index in [1.54, 1.807) is 7.11 Å². The average Bonchev–Trinajstić information content (AvgIpc) is 2.93. The van der Waals surface area contributed by atoms with Crippen molar-refractivity contribution in [3.8, 4) is 11.8 Å². The topological polar surface area (TPSA) is 87.1 Å². The van der Waals surface area contributed by atoms with E-state index in [1.165, 1.54) is 0 Å². The Labute approximate surface area is 245 Å². The Hall–Kier alpha value is -3.12. The molecular weight excluding hydrogens is 516 g/mol. The van der Waals surface area contributed by atoms with E-state index in [0.717, 1.165) is 48.7 Å². The zero-order valence-corrected chi connectivity index (χ0v) is 25.9. The Kier molecular flexibility index (Phi) is 9.32. The third-order valence-electron chi connectivity index (χ3n) is 8.81. The van der Waals surface area contributed by atoms with Gasteiger partial charge in [-0.25, -0.2) is 0 Å². The van der Waals surface area contributed by atoms with E-state index < -0.39 is 0 Å². The lowest BCUT2D eigenvalue weighted by Crippen LogP contribution is -2.74. The number of rotatable bonds is 10. The highest BCUT2D eigenvalue weighted by Crippen LogP contribution is 2.55. The minimum absolute atomic E-state index is 0.0668. The predicted molar refractivity (Wildman–Crippen MR) is 162 cm³/mol. The van der Waals surface area contributed by atoms with Crippen molar-refractivity contribution in [2.24, 2.45) is 10.8 Å². The van der Waals surface area contributed by atoms with Gasteiger partial charge in [0.2, 0.25) is 0 Å². The van der Waals surface area contributed by atoms with Crippen LogP contribution in [0.5, 0.6) is 5.75 Å². The first kappa shape index (κ1) is 30.8.